The van der Waals surface area contributed by atoms with Crippen molar-refractivity contribution in [2.45, 2.75) is 25.0 Å². The maximum Gasteiger partial charge on any atom is 0.252 e. The van der Waals surface area contributed by atoms with Crippen LogP contribution in [0.25, 0.3) is 0 Å². The van der Waals surface area contributed by atoms with Gasteiger partial charge in [-0.2, -0.15) is 0 Å². The number of rotatable bonds is 3. The highest BCUT2D eigenvalue weighted by atomic mass is 16.6. The van der Waals surface area contributed by atoms with Crippen LogP contribution in [0, 0.1) is 0 Å². The molecule has 0 aromatic rings. The fraction of sp³-hybridized carbons (Fsp3) is 0.833. The van der Waals surface area contributed by atoms with Crippen LogP contribution in [-0.4, -0.2) is 73.2 Å². The predicted molar refractivity (Wildman–Crippen MR) is 61.9 cm³/mol. The molecule has 100 valence electrons. The first-order chi connectivity index (χ1) is 8.74. The van der Waals surface area contributed by atoms with Gasteiger partial charge in [0.1, 0.15) is 6.10 Å². The third-order valence-electron chi connectivity index (χ3n) is 3.66. The Hall–Kier alpha value is -1.14. The molecule has 0 aliphatic carbocycles. The van der Waals surface area contributed by atoms with Crippen molar-refractivity contribution in [3.8, 4) is 0 Å². The molecule has 2 atom stereocenters. The van der Waals surface area contributed by atoms with Crippen molar-refractivity contribution >= 4 is 11.8 Å². The van der Waals surface area contributed by atoms with E-state index in [0.29, 0.717) is 26.2 Å². The van der Waals surface area contributed by atoms with Crippen LogP contribution in [0.15, 0.2) is 0 Å². The smallest absolute Gasteiger partial charge is 0.252 e. The number of amides is 2. The third-order valence-corrected chi connectivity index (χ3v) is 3.66. The van der Waals surface area contributed by atoms with Crippen LogP contribution in [0.5, 0.6) is 0 Å². The first-order valence-electron chi connectivity index (χ1n) is 6.54. The number of carbonyl (C=O) groups excluding carboxylic acids is 2. The monoisotopic (exact) mass is 254 g/mol. The van der Waals surface area contributed by atoms with Gasteiger partial charge in [-0.1, -0.05) is 0 Å². The molecule has 6 heteroatoms. The van der Waals surface area contributed by atoms with Crippen molar-refractivity contribution in [2.75, 3.05) is 39.4 Å². The van der Waals surface area contributed by atoms with Gasteiger partial charge in [-0.25, -0.2) is 0 Å². The van der Waals surface area contributed by atoms with Gasteiger partial charge in [-0.3, -0.25) is 9.59 Å². The largest absolute Gasteiger partial charge is 0.371 e. The van der Waals surface area contributed by atoms with E-state index in [0.717, 1.165) is 19.4 Å². The Labute approximate surface area is 106 Å². The number of carbonyl (C=O) groups is 2. The number of hydrogen-bond acceptors (Lipinski definition) is 4. The SMILES string of the molecule is O=C1CN(C(=O)[C@H]2CCCO2)CCN1C[C@H]1CO1. The number of nitrogens with zero attached hydrogens (tertiary/aromatic N) is 2. The summed E-state index contributed by atoms with van der Waals surface area (Å²) in [5, 5.41) is 0. The second-order valence-corrected chi connectivity index (χ2v) is 5.06. The van der Waals surface area contributed by atoms with E-state index in [2.05, 4.69) is 0 Å². The molecule has 3 aliphatic rings. The summed E-state index contributed by atoms with van der Waals surface area (Å²) in [5.74, 6) is -0.00808. The van der Waals surface area contributed by atoms with Crippen LogP contribution in [-0.2, 0) is 19.1 Å². The first kappa shape index (κ1) is 11.9. The van der Waals surface area contributed by atoms with Crippen molar-refractivity contribution < 1.29 is 19.1 Å². The summed E-state index contributed by atoms with van der Waals surface area (Å²) in [5.41, 5.74) is 0. The van der Waals surface area contributed by atoms with Gasteiger partial charge < -0.3 is 19.3 Å². The van der Waals surface area contributed by atoms with E-state index in [4.69, 9.17) is 9.47 Å². The van der Waals surface area contributed by atoms with Crippen molar-refractivity contribution in [1.82, 2.24) is 9.80 Å². The zero-order chi connectivity index (χ0) is 12.5. The third kappa shape index (κ3) is 2.49. The molecule has 3 fully saturated rings. The van der Waals surface area contributed by atoms with E-state index in [1.165, 1.54) is 0 Å². The maximum absolute atomic E-state index is 12.1. The van der Waals surface area contributed by atoms with Gasteiger partial charge in [0.2, 0.25) is 5.91 Å². The summed E-state index contributed by atoms with van der Waals surface area (Å²) in [6.07, 6.45) is 1.61. The zero-order valence-corrected chi connectivity index (χ0v) is 10.3. The highest BCUT2D eigenvalue weighted by molar-refractivity contribution is 5.88. The van der Waals surface area contributed by atoms with E-state index in [1.807, 2.05) is 0 Å². The van der Waals surface area contributed by atoms with Crippen LogP contribution >= 0.6 is 0 Å². The Balaban J connectivity index is 1.53. The molecule has 0 N–H and O–H groups in total. The number of ether oxygens (including phenoxy) is 2. The van der Waals surface area contributed by atoms with Crippen molar-refractivity contribution in [3.63, 3.8) is 0 Å². The molecule has 0 saturated carbocycles. The summed E-state index contributed by atoms with van der Waals surface area (Å²) in [4.78, 5) is 27.4. The lowest BCUT2D eigenvalue weighted by Gasteiger charge is -2.35. The second-order valence-electron chi connectivity index (χ2n) is 5.06. The topological polar surface area (TPSA) is 62.4 Å². The summed E-state index contributed by atoms with van der Waals surface area (Å²) in [6.45, 7) is 3.48. The van der Waals surface area contributed by atoms with E-state index in [9.17, 15) is 9.59 Å². The summed E-state index contributed by atoms with van der Waals surface area (Å²) in [7, 11) is 0. The highest BCUT2D eigenvalue weighted by Crippen LogP contribution is 2.17. The molecule has 0 aromatic heterocycles. The van der Waals surface area contributed by atoms with E-state index in [1.54, 1.807) is 9.80 Å². The van der Waals surface area contributed by atoms with E-state index < -0.39 is 0 Å². The fourth-order valence-corrected chi connectivity index (χ4v) is 2.48. The lowest BCUT2D eigenvalue weighted by molar-refractivity contribution is -0.150. The van der Waals surface area contributed by atoms with Gasteiger partial charge in [0.25, 0.3) is 5.91 Å². The molecule has 0 radical (unpaired) electrons. The summed E-state index contributed by atoms with van der Waals surface area (Å²) in [6, 6.07) is 0. The van der Waals surface area contributed by atoms with Crippen LogP contribution in [0.1, 0.15) is 12.8 Å². The molecule has 0 bridgehead atoms. The minimum atomic E-state index is -0.323. The molecule has 0 unspecified atom stereocenters. The second kappa shape index (κ2) is 4.85. The average Bonchev–Trinajstić information content (AvgIpc) is 3.02. The van der Waals surface area contributed by atoms with Crippen molar-refractivity contribution in [1.29, 1.82) is 0 Å². The molecule has 3 saturated heterocycles. The fourth-order valence-electron chi connectivity index (χ4n) is 2.48. The van der Waals surface area contributed by atoms with Crippen molar-refractivity contribution in [2.24, 2.45) is 0 Å². The van der Waals surface area contributed by atoms with Crippen LogP contribution in [0.3, 0.4) is 0 Å². The molecule has 3 aliphatic heterocycles. The summed E-state index contributed by atoms with van der Waals surface area (Å²) < 4.78 is 10.5. The Bertz CT molecular complexity index is 350. The molecular formula is C12H18N2O4. The van der Waals surface area contributed by atoms with Crippen LogP contribution in [0.2, 0.25) is 0 Å². The van der Waals surface area contributed by atoms with Gasteiger partial charge >= 0.3 is 0 Å². The van der Waals surface area contributed by atoms with Gasteiger partial charge in [0.05, 0.1) is 19.3 Å². The lowest BCUT2D eigenvalue weighted by Crippen LogP contribution is -2.55. The first-order valence-corrected chi connectivity index (χ1v) is 6.54. The van der Waals surface area contributed by atoms with Gasteiger partial charge in [0, 0.05) is 26.2 Å². The minimum absolute atomic E-state index is 0.0168. The van der Waals surface area contributed by atoms with E-state index in [-0.39, 0.29) is 30.6 Å². The van der Waals surface area contributed by atoms with Gasteiger partial charge in [-0.15, -0.1) is 0 Å². The minimum Gasteiger partial charge on any atom is -0.371 e. The molecular weight excluding hydrogens is 236 g/mol. The van der Waals surface area contributed by atoms with E-state index >= 15 is 0 Å². The summed E-state index contributed by atoms with van der Waals surface area (Å²) >= 11 is 0. The van der Waals surface area contributed by atoms with Crippen LogP contribution < -0.4 is 0 Å². The molecule has 0 aromatic carbocycles. The molecule has 6 nitrogen and oxygen atoms in total. The lowest BCUT2D eigenvalue weighted by atomic mass is 10.2. The predicted octanol–water partition coefficient (Wildman–Crippen LogP) is -0.765. The number of piperazine rings is 1. The van der Waals surface area contributed by atoms with Gasteiger partial charge in [-0.05, 0) is 12.8 Å². The standard InChI is InChI=1S/C12H18N2O4/c15-11-7-14(12(16)10-2-1-5-17-10)4-3-13(11)6-9-8-18-9/h9-10H,1-8H2/t9-,10+/m0/s1. The number of epoxide rings is 1. The molecule has 0 spiro atoms. The normalized spacial score (nSPS) is 31.9. The Morgan fingerprint density at radius 3 is 2.78 bits per heavy atom. The van der Waals surface area contributed by atoms with Crippen molar-refractivity contribution in [3.05, 3.63) is 0 Å². The number of hydrogen-bond donors (Lipinski definition) is 0. The molecule has 3 rings (SSSR count). The Morgan fingerprint density at radius 1 is 1.33 bits per heavy atom. The zero-order valence-electron chi connectivity index (χ0n) is 10.3. The molecule has 2 amide bonds. The highest BCUT2D eigenvalue weighted by Gasteiger charge is 2.35. The maximum atomic E-state index is 12.1. The Kier molecular flexibility index (Phi) is 3.22. The molecule has 3 heterocycles. The van der Waals surface area contributed by atoms with Gasteiger partial charge in [0.15, 0.2) is 0 Å². The Morgan fingerprint density at radius 2 is 2.17 bits per heavy atom. The molecule has 18 heavy (non-hydrogen) atoms. The average molecular weight is 254 g/mol. The van der Waals surface area contributed by atoms with Crippen LogP contribution in [0.4, 0.5) is 0 Å². The quantitative estimate of drug-likeness (QED) is 0.621.